The SMILES string of the molecule is CC(C)c1nc2c(n1C)CNCC2=O. The first kappa shape index (κ1) is 9.40. The highest BCUT2D eigenvalue weighted by Crippen LogP contribution is 2.19. The number of hydrogen-bond donors (Lipinski definition) is 1. The third-order valence-electron chi connectivity index (χ3n) is 2.61. The Labute approximate surface area is 83.3 Å². The van der Waals surface area contributed by atoms with E-state index in [4.69, 9.17) is 0 Å². The van der Waals surface area contributed by atoms with Gasteiger partial charge in [0.15, 0.2) is 5.78 Å². The van der Waals surface area contributed by atoms with Crippen molar-refractivity contribution in [3.63, 3.8) is 0 Å². The number of nitrogens with one attached hydrogen (secondary N) is 1. The number of hydrogen-bond acceptors (Lipinski definition) is 3. The zero-order chi connectivity index (χ0) is 10.3. The first-order valence-corrected chi connectivity index (χ1v) is 4.90. The maximum atomic E-state index is 11.5. The fraction of sp³-hybridized carbons (Fsp3) is 0.600. The lowest BCUT2D eigenvalue weighted by Crippen LogP contribution is -2.30. The highest BCUT2D eigenvalue weighted by Gasteiger charge is 2.24. The molecule has 0 unspecified atom stereocenters. The molecule has 1 aliphatic rings. The molecule has 0 fully saturated rings. The zero-order valence-corrected chi connectivity index (χ0v) is 8.79. The lowest BCUT2D eigenvalue weighted by atomic mass is 10.1. The van der Waals surface area contributed by atoms with E-state index in [9.17, 15) is 4.79 Å². The number of ketones is 1. The second-order valence-corrected chi connectivity index (χ2v) is 4.01. The van der Waals surface area contributed by atoms with Crippen LogP contribution in [0.3, 0.4) is 0 Å². The van der Waals surface area contributed by atoms with E-state index in [-0.39, 0.29) is 5.78 Å². The highest BCUT2D eigenvalue weighted by molar-refractivity contribution is 5.97. The van der Waals surface area contributed by atoms with Gasteiger partial charge in [-0.2, -0.15) is 0 Å². The summed E-state index contributed by atoms with van der Waals surface area (Å²) in [5.74, 6) is 1.46. The van der Waals surface area contributed by atoms with Crippen molar-refractivity contribution in [3.05, 3.63) is 17.2 Å². The Balaban J connectivity index is 2.54. The standard InChI is InChI=1S/C10H15N3O/c1-6(2)10-12-9-7(13(10)3)4-11-5-8(9)14/h6,11H,4-5H2,1-3H3. The summed E-state index contributed by atoms with van der Waals surface area (Å²) in [7, 11) is 1.97. The van der Waals surface area contributed by atoms with Crippen molar-refractivity contribution in [2.24, 2.45) is 7.05 Å². The van der Waals surface area contributed by atoms with Crippen LogP contribution in [0.2, 0.25) is 0 Å². The second kappa shape index (κ2) is 3.20. The van der Waals surface area contributed by atoms with Crippen LogP contribution in [0.5, 0.6) is 0 Å². The molecule has 0 bridgehead atoms. The molecule has 2 heterocycles. The van der Waals surface area contributed by atoms with Crippen molar-refractivity contribution in [2.75, 3.05) is 6.54 Å². The minimum absolute atomic E-state index is 0.105. The average Bonchev–Trinajstić information content (AvgIpc) is 2.46. The van der Waals surface area contributed by atoms with Crippen molar-refractivity contribution >= 4 is 5.78 Å². The molecule has 1 aliphatic heterocycles. The molecular formula is C10H15N3O. The lowest BCUT2D eigenvalue weighted by Gasteiger charge is -2.12. The monoisotopic (exact) mass is 193 g/mol. The van der Waals surface area contributed by atoms with E-state index in [1.54, 1.807) is 0 Å². The molecule has 0 saturated carbocycles. The number of Topliss-reactive ketones (excluding diaryl/α,β-unsaturated/α-hetero) is 1. The molecule has 1 aromatic heterocycles. The molecule has 14 heavy (non-hydrogen) atoms. The van der Waals surface area contributed by atoms with Crippen LogP contribution in [0, 0.1) is 0 Å². The Morgan fingerprint density at radius 1 is 1.43 bits per heavy atom. The Kier molecular flexibility index (Phi) is 2.15. The number of carbonyl (C=O) groups excluding carboxylic acids is 1. The normalized spacial score (nSPS) is 16.1. The number of rotatable bonds is 1. The van der Waals surface area contributed by atoms with Gasteiger partial charge in [0.05, 0.1) is 12.2 Å². The molecule has 76 valence electrons. The van der Waals surface area contributed by atoms with Gasteiger partial charge in [0.25, 0.3) is 0 Å². The number of aromatic nitrogens is 2. The minimum atomic E-state index is 0.105. The van der Waals surface area contributed by atoms with Crippen molar-refractivity contribution < 1.29 is 4.79 Å². The quantitative estimate of drug-likeness (QED) is 0.718. The first-order valence-electron chi connectivity index (χ1n) is 4.90. The second-order valence-electron chi connectivity index (χ2n) is 4.01. The van der Waals surface area contributed by atoms with Crippen molar-refractivity contribution in [2.45, 2.75) is 26.3 Å². The van der Waals surface area contributed by atoms with E-state index in [0.717, 1.165) is 18.1 Å². The van der Waals surface area contributed by atoms with Gasteiger partial charge in [-0.3, -0.25) is 4.79 Å². The van der Waals surface area contributed by atoms with E-state index < -0.39 is 0 Å². The van der Waals surface area contributed by atoms with E-state index >= 15 is 0 Å². The van der Waals surface area contributed by atoms with Crippen LogP contribution in [-0.4, -0.2) is 21.9 Å². The Bertz CT molecular complexity index is 379. The molecule has 0 aromatic carbocycles. The minimum Gasteiger partial charge on any atom is -0.333 e. The molecule has 0 radical (unpaired) electrons. The van der Waals surface area contributed by atoms with Gasteiger partial charge in [-0.15, -0.1) is 0 Å². The number of nitrogens with zero attached hydrogens (tertiary/aromatic N) is 2. The predicted octanol–water partition coefficient (Wildman–Crippen LogP) is 0.829. The number of imidazole rings is 1. The van der Waals surface area contributed by atoms with Gasteiger partial charge in [0.2, 0.25) is 0 Å². The van der Waals surface area contributed by atoms with Gasteiger partial charge in [0, 0.05) is 19.5 Å². The molecule has 0 atom stereocenters. The molecule has 4 heteroatoms. The molecule has 4 nitrogen and oxygen atoms in total. The smallest absolute Gasteiger partial charge is 0.196 e. The fourth-order valence-electron chi connectivity index (χ4n) is 1.87. The van der Waals surface area contributed by atoms with Gasteiger partial charge >= 0.3 is 0 Å². The van der Waals surface area contributed by atoms with Crippen molar-refractivity contribution in [3.8, 4) is 0 Å². The Hall–Kier alpha value is -1.16. The largest absolute Gasteiger partial charge is 0.333 e. The molecule has 1 aromatic rings. The summed E-state index contributed by atoms with van der Waals surface area (Å²) in [6.07, 6.45) is 0. The number of carbonyl (C=O) groups is 1. The molecule has 0 aliphatic carbocycles. The summed E-state index contributed by atoms with van der Waals surface area (Å²) in [6, 6.07) is 0. The Morgan fingerprint density at radius 3 is 2.71 bits per heavy atom. The topological polar surface area (TPSA) is 46.9 Å². The summed E-state index contributed by atoms with van der Waals surface area (Å²) in [5.41, 5.74) is 1.68. The predicted molar refractivity (Wildman–Crippen MR) is 53.3 cm³/mol. The van der Waals surface area contributed by atoms with Crippen LogP contribution in [0.15, 0.2) is 0 Å². The first-order chi connectivity index (χ1) is 6.61. The number of fused-ring (bicyclic) bond motifs is 1. The summed E-state index contributed by atoms with van der Waals surface area (Å²) in [6.45, 7) is 5.34. The van der Waals surface area contributed by atoms with Crippen LogP contribution in [-0.2, 0) is 13.6 Å². The molecule has 1 N–H and O–H groups in total. The van der Waals surface area contributed by atoms with Crippen LogP contribution in [0.25, 0.3) is 0 Å². The van der Waals surface area contributed by atoms with Crippen molar-refractivity contribution in [1.82, 2.24) is 14.9 Å². The summed E-state index contributed by atoms with van der Waals surface area (Å²) >= 11 is 0. The van der Waals surface area contributed by atoms with E-state index in [2.05, 4.69) is 24.1 Å². The summed E-state index contributed by atoms with van der Waals surface area (Å²) in [4.78, 5) is 15.9. The molecule has 0 saturated heterocycles. The summed E-state index contributed by atoms with van der Waals surface area (Å²) < 4.78 is 2.03. The van der Waals surface area contributed by atoms with Crippen LogP contribution >= 0.6 is 0 Å². The zero-order valence-electron chi connectivity index (χ0n) is 8.79. The molecule has 0 spiro atoms. The van der Waals surface area contributed by atoms with E-state index in [0.29, 0.717) is 18.2 Å². The van der Waals surface area contributed by atoms with E-state index in [1.807, 2.05) is 11.6 Å². The van der Waals surface area contributed by atoms with Gasteiger partial charge in [-0.05, 0) is 0 Å². The third kappa shape index (κ3) is 1.26. The summed E-state index contributed by atoms with van der Waals surface area (Å²) in [5, 5.41) is 3.07. The molecule has 2 rings (SSSR count). The van der Waals surface area contributed by atoms with Gasteiger partial charge in [0.1, 0.15) is 11.5 Å². The van der Waals surface area contributed by atoms with Gasteiger partial charge < -0.3 is 9.88 Å². The lowest BCUT2D eigenvalue weighted by molar-refractivity contribution is 0.0977. The van der Waals surface area contributed by atoms with Crippen LogP contribution in [0.1, 0.15) is 41.8 Å². The Morgan fingerprint density at radius 2 is 2.14 bits per heavy atom. The molecule has 0 amide bonds. The van der Waals surface area contributed by atoms with Crippen LogP contribution in [0.4, 0.5) is 0 Å². The van der Waals surface area contributed by atoms with E-state index in [1.165, 1.54) is 0 Å². The highest BCUT2D eigenvalue weighted by atomic mass is 16.1. The third-order valence-corrected chi connectivity index (χ3v) is 2.61. The van der Waals surface area contributed by atoms with Gasteiger partial charge in [-0.1, -0.05) is 13.8 Å². The maximum absolute atomic E-state index is 11.5. The van der Waals surface area contributed by atoms with Crippen LogP contribution < -0.4 is 5.32 Å². The fourth-order valence-corrected chi connectivity index (χ4v) is 1.87. The maximum Gasteiger partial charge on any atom is 0.196 e. The van der Waals surface area contributed by atoms with Crippen molar-refractivity contribution in [1.29, 1.82) is 0 Å². The molecular weight excluding hydrogens is 178 g/mol. The average molecular weight is 193 g/mol. The van der Waals surface area contributed by atoms with Gasteiger partial charge in [-0.25, -0.2) is 4.98 Å².